The lowest BCUT2D eigenvalue weighted by Crippen LogP contribution is -2.49. The molecule has 1 aromatic heterocycles. The molecule has 1 N–H and O–H groups in total. The van der Waals surface area contributed by atoms with Crippen molar-refractivity contribution >= 4 is 57.9 Å². The van der Waals surface area contributed by atoms with Gasteiger partial charge < -0.3 is 15.1 Å². The number of hydrogen-bond donors (Lipinski definition) is 1. The number of halogens is 4. The second-order valence-electron chi connectivity index (χ2n) is 8.04. The minimum absolute atomic E-state index is 0.0824. The number of carbonyl (C=O) groups excluding carboxylic acids is 2. The lowest BCUT2D eigenvalue weighted by molar-refractivity contribution is -0.137. The van der Waals surface area contributed by atoms with Crippen molar-refractivity contribution in [2.45, 2.75) is 16.9 Å². The first-order valence-corrected chi connectivity index (χ1v) is 13.2. The molecule has 190 valence electrons. The standard InChI is InChI=1S/C24H22ClF3N4O2S2/c25-17-4-6-18(7-5-17)29-21(33)15-36-23-30-19(14-35-23)13-22(34)32-10-8-31(9-11-32)20-3-1-2-16(12-20)24(26,27)28/h1-7,12,14H,8-11,13,15H2,(H,29,33). The molecule has 4 rings (SSSR count). The predicted molar refractivity (Wildman–Crippen MR) is 137 cm³/mol. The molecule has 2 aromatic carbocycles. The SMILES string of the molecule is O=C(CSc1nc(CC(=O)N2CCN(c3cccc(C(F)(F)F)c3)CC2)cs1)Nc1ccc(Cl)cc1. The maximum Gasteiger partial charge on any atom is 0.416 e. The van der Waals surface area contributed by atoms with Gasteiger partial charge >= 0.3 is 6.18 Å². The Balaban J connectivity index is 1.23. The minimum Gasteiger partial charge on any atom is -0.368 e. The molecule has 0 aliphatic carbocycles. The first-order chi connectivity index (χ1) is 17.2. The summed E-state index contributed by atoms with van der Waals surface area (Å²) in [5, 5.41) is 5.17. The van der Waals surface area contributed by atoms with Crippen molar-refractivity contribution in [3.63, 3.8) is 0 Å². The van der Waals surface area contributed by atoms with Crippen LogP contribution in [0.4, 0.5) is 24.5 Å². The van der Waals surface area contributed by atoms with Crippen LogP contribution >= 0.6 is 34.7 Å². The number of thioether (sulfide) groups is 1. The molecule has 2 heterocycles. The summed E-state index contributed by atoms with van der Waals surface area (Å²) in [7, 11) is 0. The van der Waals surface area contributed by atoms with E-state index < -0.39 is 11.7 Å². The lowest BCUT2D eigenvalue weighted by Gasteiger charge is -2.36. The zero-order valence-electron chi connectivity index (χ0n) is 18.9. The molecular weight excluding hydrogens is 533 g/mol. The van der Waals surface area contributed by atoms with E-state index in [0.717, 1.165) is 12.1 Å². The zero-order chi connectivity index (χ0) is 25.7. The molecule has 6 nitrogen and oxygen atoms in total. The number of carbonyl (C=O) groups is 2. The van der Waals surface area contributed by atoms with Crippen LogP contribution < -0.4 is 10.2 Å². The number of rotatable bonds is 7. The van der Waals surface area contributed by atoms with Crippen LogP contribution in [-0.2, 0) is 22.2 Å². The summed E-state index contributed by atoms with van der Waals surface area (Å²) in [5.74, 6) is -0.0732. The molecule has 36 heavy (non-hydrogen) atoms. The Kier molecular flexibility index (Phi) is 8.43. The van der Waals surface area contributed by atoms with Crippen LogP contribution in [0.25, 0.3) is 0 Å². The number of nitrogens with one attached hydrogen (secondary N) is 1. The van der Waals surface area contributed by atoms with Gasteiger partial charge in [-0.15, -0.1) is 11.3 Å². The van der Waals surface area contributed by atoms with Crippen LogP contribution in [-0.4, -0.2) is 53.6 Å². The van der Waals surface area contributed by atoms with Crippen molar-refractivity contribution < 1.29 is 22.8 Å². The highest BCUT2D eigenvalue weighted by Crippen LogP contribution is 2.32. The monoisotopic (exact) mass is 554 g/mol. The molecule has 1 aliphatic heterocycles. The highest BCUT2D eigenvalue weighted by Gasteiger charge is 2.31. The molecule has 0 unspecified atom stereocenters. The van der Waals surface area contributed by atoms with E-state index in [1.54, 1.807) is 40.6 Å². The average Bonchev–Trinajstić information content (AvgIpc) is 3.31. The van der Waals surface area contributed by atoms with Gasteiger partial charge in [0.1, 0.15) is 0 Å². The van der Waals surface area contributed by atoms with Crippen molar-refractivity contribution in [2.75, 3.05) is 42.1 Å². The third-order valence-corrected chi connectivity index (χ3v) is 7.81. The second kappa shape index (κ2) is 11.5. The van der Waals surface area contributed by atoms with Gasteiger partial charge in [-0.1, -0.05) is 29.4 Å². The summed E-state index contributed by atoms with van der Waals surface area (Å²) < 4.78 is 39.7. The molecular formula is C24H22ClF3N4O2S2. The highest BCUT2D eigenvalue weighted by atomic mass is 35.5. The van der Waals surface area contributed by atoms with Crippen molar-refractivity contribution in [1.82, 2.24) is 9.88 Å². The fourth-order valence-electron chi connectivity index (χ4n) is 3.65. The Morgan fingerprint density at radius 1 is 1.08 bits per heavy atom. The minimum atomic E-state index is -4.39. The van der Waals surface area contributed by atoms with E-state index in [-0.39, 0.29) is 24.0 Å². The summed E-state index contributed by atoms with van der Waals surface area (Å²) in [6.07, 6.45) is -4.25. The molecule has 0 saturated carbocycles. The molecule has 1 aliphatic rings. The number of alkyl halides is 3. The molecule has 12 heteroatoms. The fraction of sp³-hybridized carbons (Fsp3) is 0.292. The number of nitrogens with zero attached hydrogens (tertiary/aromatic N) is 3. The van der Waals surface area contributed by atoms with Crippen LogP contribution in [0.2, 0.25) is 5.02 Å². The van der Waals surface area contributed by atoms with E-state index >= 15 is 0 Å². The van der Waals surface area contributed by atoms with Gasteiger partial charge in [0.05, 0.1) is 23.4 Å². The number of anilines is 2. The Labute approximate surface area is 219 Å². The summed E-state index contributed by atoms with van der Waals surface area (Å²) >= 11 is 8.51. The molecule has 1 saturated heterocycles. The number of piperazine rings is 1. The normalized spacial score (nSPS) is 14.1. The van der Waals surface area contributed by atoms with Gasteiger partial charge in [-0.3, -0.25) is 9.59 Å². The first-order valence-electron chi connectivity index (χ1n) is 11.0. The summed E-state index contributed by atoms with van der Waals surface area (Å²) in [6, 6.07) is 12.1. The fourth-order valence-corrected chi connectivity index (χ4v) is 5.42. The molecule has 0 atom stereocenters. The number of amides is 2. The van der Waals surface area contributed by atoms with Gasteiger partial charge in [0.2, 0.25) is 11.8 Å². The Bertz CT molecular complexity index is 1210. The van der Waals surface area contributed by atoms with E-state index in [4.69, 9.17) is 11.6 Å². The van der Waals surface area contributed by atoms with Crippen molar-refractivity contribution in [2.24, 2.45) is 0 Å². The molecule has 1 fully saturated rings. The maximum absolute atomic E-state index is 13.0. The second-order valence-corrected chi connectivity index (χ2v) is 10.6. The Hall–Kier alpha value is -2.76. The summed E-state index contributed by atoms with van der Waals surface area (Å²) in [6.45, 7) is 1.75. The third kappa shape index (κ3) is 7.14. The molecule has 3 aromatic rings. The van der Waals surface area contributed by atoms with Gasteiger partial charge in [-0.2, -0.15) is 13.2 Å². The van der Waals surface area contributed by atoms with Gasteiger partial charge in [-0.25, -0.2) is 4.98 Å². The topological polar surface area (TPSA) is 65.5 Å². The smallest absolute Gasteiger partial charge is 0.368 e. The van der Waals surface area contributed by atoms with Gasteiger partial charge in [0.25, 0.3) is 0 Å². The van der Waals surface area contributed by atoms with E-state index in [2.05, 4.69) is 10.3 Å². The van der Waals surface area contributed by atoms with Crippen LogP contribution in [0, 0.1) is 0 Å². The zero-order valence-corrected chi connectivity index (χ0v) is 21.3. The van der Waals surface area contributed by atoms with Gasteiger partial charge in [0.15, 0.2) is 4.34 Å². The highest BCUT2D eigenvalue weighted by molar-refractivity contribution is 8.01. The van der Waals surface area contributed by atoms with Crippen LogP contribution in [0.3, 0.4) is 0 Å². The predicted octanol–water partition coefficient (Wildman–Crippen LogP) is 5.44. The van der Waals surface area contributed by atoms with Crippen molar-refractivity contribution in [3.05, 3.63) is 70.2 Å². The Morgan fingerprint density at radius 3 is 2.50 bits per heavy atom. The number of hydrogen-bond acceptors (Lipinski definition) is 6. The summed E-state index contributed by atoms with van der Waals surface area (Å²) in [4.78, 5) is 32.9. The lowest BCUT2D eigenvalue weighted by atomic mass is 10.1. The van der Waals surface area contributed by atoms with E-state index in [9.17, 15) is 22.8 Å². The van der Waals surface area contributed by atoms with Gasteiger partial charge in [-0.05, 0) is 42.5 Å². The quantitative estimate of drug-likeness (QED) is 0.394. The van der Waals surface area contributed by atoms with E-state index in [0.29, 0.717) is 52.6 Å². The summed E-state index contributed by atoms with van der Waals surface area (Å²) in [5.41, 5.74) is 1.10. The largest absolute Gasteiger partial charge is 0.416 e. The van der Waals surface area contributed by atoms with Crippen LogP contribution in [0.1, 0.15) is 11.3 Å². The van der Waals surface area contributed by atoms with Gasteiger partial charge in [0, 0.05) is 48.0 Å². The molecule has 0 spiro atoms. The van der Waals surface area contributed by atoms with Crippen molar-refractivity contribution in [1.29, 1.82) is 0 Å². The first kappa shape index (κ1) is 26.3. The number of benzene rings is 2. The van der Waals surface area contributed by atoms with E-state index in [1.165, 1.54) is 29.2 Å². The molecule has 0 bridgehead atoms. The average molecular weight is 555 g/mol. The number of aromatic nitrogens is 1. The van der Waals surface area contributed by atoms with Crippen molar-refractivity contribution in [3.8, 4) is 0 Å². The van der Waals surface area contributed by atoms with E-state index in [1.807, 2.05) is 4.90 Å². The van der Waals surface area contributed by atoms with Crippen LogP contribution in [0.15, 0.2) is 58.3 Å². The Morgan fingerprint density at radius 2 is 1.81 bits per heavy atom. The maximum atomic E-state index is 13.0. The third-order valence-electron chi connectivity index (χ3n) is 5.49. The molecule has 0 radical (unpaired) electrons. The number of thiazole rings is 1. The van der Waals surface area contributed by atoms with Crippen LogP contribution in [0.5, 0.6) is 0 Å². The molecule has 2 amide bonds.